The van der Waals surface area contributed by atoms with Crippen molar-refractivity contribution in [3.63, 3.8) is 0 Å². The monoisotopic (exact) mass is 360 g/mol. The van der Waals surface area contributed by atoms with E-state index in [2.05, 4.69) is 0 Å². The molecule has 0 aliphatic carbocycles. The highest BCUT2D eigenvalue weighted by atomic mass is 32.2. The van der Waals surface area contributed by atoms with Gasteiger partial charge >= 0.3 is 5.97 Å². The summed E-state index contributed by atoms with van der Waals surface area (Å²) in [5.74, 6) is -1.75. The van der Waals surface area contributed by atoms with Gasteiger partial charge in [0.15, 0.2) is 0 Å². The third-order valence-corrected chi connectivity index (χ3v) is 5.80. The van der Waals surface area contributed by atoms with Gasteiger partial charge < -0.3 is 10.5 Å². The summed E-state index contributed by atoms with van der Waals surface area (Å²) in [5, 5.41) is 11.3. The van der Waals surface area contributed by atoms with E-state index < -0.39 is 22.7 Å². The molecule has 0 amide bonds. The lowest BCUT2D eigenvalue weighted by molar-refractivity contribution is -0.143. The Balaban J connectivity index is 1.72. The van der Waals surface area contributed by atoms with Gasteiger partial charge in [0.25, 0.3) is 0 Å². The first kappa shape index (κ1) is 16.6. The minimum atomic E-state index is -1.14. The lowest BCUT2D eigenvalue weighted by Crippen LogP contribution is -2.29. The fraction of sp³-hybridized carbons (Fsp3) is 0.176. The van der Waals surface area contributed by atoms with Crippen LogP contribution in [0.4, 0.5) is 0 Å². The fourth-order valence-electron chi connectivity index (χ4n) is 2.50. The molecule has 124 valence electrons. The molecule has 0 saturated heterocycles. The summed E-state index contributed by atoms with van der Waals surface area (Å²) < 4.78 is 17.0. The van der Waals surface area contributed by atoms with Crippen molar-refractivity contribution in [1.82, 2.24) is 0 Å². The van der Waals surface area contributed by atoms with Crippen LogP contribution in [-0.4, -0.2) is 22.6 Å². The molecule has 1 aromatic heterocycles. The van der Waals surface area contributed by atoms with E-state index in [4.69, 9.17) is 15.9 Å². The van der Waals surface area contributed by atoms with E-state index in [0.29, 0.717) is 16.9 Å². The summed E-state index contributed by atoms with van der Waals surface area (Å²) in [7, 11) is -1.14. The molecule has 1 aliphatic rings. The zero-order valence-electron chi connectivity index (χ0n) is 12.7. The number of nitrogens with two attached hydrogens (primary N) is 1. The summed E-state index contributed by atoms with van der Waals surface area (Å²) in [6.45, 7) is 0.248. The van der Waals surface area contributed by atoms with Gasteiger partial charge in [0.05, 0.1) is 22.3 Å². The molecule has 1 aromatic carbocycles. The van der Waals surface area contributed by atoms with Crippen LogP contribution >= 0.6 is 11.3 Å². The number of hydrogen-bond acceptors (Lipinski definition) is 5. The minimum absolute atomic E-state index is 0.248. The van der Waals surface area contributed by atoms with Crippen LogP contribution < -0.4 is 5.73 Å². The summed E-state index contributed by atoms with van der Waals surface area (Å²) >= 11 is 1.60. The molecule has 0 bridgehead atoms. The van der Waals surface area contributed by atoms with Crippen molar-refractivity contribution in [2.45, 2.75) is 17.2 Å². The summed E-state index contributed by atoms with van der Waals surface area (Å²) in [4.78, 5) is 14.2. The van der Waals surface area contributed by atoms with Crippen LogP contribution in [0.25, 0.3) is 6.08 Å². The zero-order valence-corrected chi connectivity index (χ0v) is 14.4. The SMILES string of the molecule is N=C(N)C(C(=O)OCCc1cccs1)c1ccc2c(c1)C=CS2=O. The Bertz CT molecular complexity index is 828. The molecule has 0 radical (unpaired) electrons. The largest absolute Gasteiger partial charge is 0.465 e. The van der Waals surface area contributed by atoms with Gasteiger partial charge in [-0.25, -0.2) is 4.21 Å². The van der Waals surface area contributed by atoms with Crippen molar-refractivity contribution >= 4 is 40.0 Å². The number of hydrogen-bond donors (Lipinski definition) is 2. The predicted octanol–water partition coefficient (Wildman–Crippen LogP) is 2.65. The molecular formula is C17H16N2O3S2. The molecule has 3 N–H and O–H groups in total. The van der Waals surface area contributed by atoms with Crippen molar-refractivity contribution in [3.8, 4) is 0 Å². The number of carbonyl (C=O) groups excluding carboxylic acids is 1. The molecule has 7 heteroatoms. The third kappa shape index (κ3) is 3.47. The predicted molar refractivity (Wildman–Crippen MR) is 95.5 cm³/mol. The molecule has 2 atom stereocenters. The van der Waals surface area contributed by atoms with Crippen LogP contribution in [-0.2, 0) is 26.8 Å². The van der Waals surface area contributed by atoms with Crippen molar-refractivity contribution < 1.29 is 13.7 Å². The Kier molecular flexibility index (Phi) is 4.92. The lowest BCUT2D eigenvalue weighted by Gasteiger charge is -2.16. The topological polar surface area (TPSA) is 93.2 Å². The van der Waals surface area contributed by atoms with Gasteiger partial charge in [0.2, 0.25) is 0 Å². The van der Waals surface area contributed by atoms with Crippen LogP contribution in [0.1, 0.15) is 21.9 Å². The van der Waals surface area contributed by atoms with E-state index in [9.17, 15) is 9.00 Å². The second-order valence-electron chi connectivity index (χ2n) is 5.28. The third-order valence-electron chi connectivity index (χ3n) is 3.67. The molecular weight excluding hydrogens is 344 g/mol. The standard InChI is InChI=1S/C17H16N2O3S2/c18-16(19)15(17(20)22-7-5-13-2-1-8-23-13)12-3-4-14-11(10-12)6-9-24(14)21/h1-4,6,8-10,15H,5,7H2,(H3,18,19). The van der Waals surface area contributed by atoms with Gasteiger partial charge in [-0.1, -0.05) is 12.1 Å². The van der Waals surface area contributed by atoms with Crippen LogP contribution in [0, 0.1) is 5.41 Å². The van der Waals surface area contributed by atoms with E-state index in [0.717, 1.165) is 10.4 Å². The Morgan fingerprint density at radius 1 is 1.38 bits per heavy atom. The number of ether oxygens (including phenoxy) is 1. The van der Waals surface area contributed by atoms with Gasteiger partial charge in [0.1, 0.15) is 11.8 Å². The maximum absolute atomic E-state index is 12.4. The smallest absolute Gasteiger partial charge is 0.321 e. The average Bonchev–Trinajstić information content (AvgIpc) is 3.17. The van der Waals surface area contributed by atoms with Crippen molar-refractivity contribution in [2.24, 2.45) is 5.73 Å². The van der Waals surface area contributed by atoms with Gasteiger partial charge in [-0.3, -0.25) is 10.2 Å². The Hall–Kier alpha value is -2.25. The molecule has 24 heavy (non-hydrogen) atoms. The van der Waals surface area contributed by atoms with E-state index in [1.54, 1.807) is 41.0 Å². The highest BCUT2D eigenvalue weighted by Gasteiger charge is 2.27. The number of carbonyl (C=O) groups is 1. The molecule has 0 fully saturated rings. The number of benzene rings is 1. The van der Waals surface area contributed by atoms with Gasteiger partial charge in [-0.15, -0.1) is 11.3 Å². The van der Waals surface area contributed by atoms with Crippen molar-refractivity contribution in [2.75, 3.05) is 6.61 Å². The molecule has 3 rings (SSSR count). The van der Waals surface area contributed by atoms with E-state index in [1.165, 1.54) is 0 Å². The average molecular weight is 360 g/mol. The van der Waals surface area contributed by atoms with Crippen LogP contribution in [0.2, 0.25) is 0 Å². The highest BCUT2D eigenvalue weighted by Crippen LogP contribution is 2.28. The number of esters is 1. The highest BCUT2D eigenvalue weighted by molar-refractivity contribution is 7.88. The first-order chi connectivity index (χ1) is 11.6. The fourth-order valence-corrected chi connectivity index (χ4v) is 4.17. The number of nitrogens with one attached hydrogen (secondary N) is 1. The van der Waals surface area contributed by atoms with Crippen LogP contribution in [0.3, 0.4) is 0 Å². The van der Waals surface area contributed by atoms with Crippen molar-refractivity contribution in [1.29, 1.82) is 5.41 Å². The Labute approximate surface area is 146 Å². The molecule has 2 unspecified atom stereocenters. The number of fused-ring (bicyclic) bond motifs is 1. The van der Waals surface area contributed by atoms with Gasteiger partial charge in [-0.2, -0.15) is 0 Å². The summed E-state index contributed by atoms with van der Waals surface area (Å²) in [6, 6.07) is 9.05. The van der Waals surface area contributed by atoms with Gasteiger partial charge in [0, 0.05) is 16.7 Å². The molecule has 2 heterocycles. The Morgan fingerprint density at radius 3 is 2.92 bits per heavy atom. The molecule has 5 nitrogen and oxygen atoms in total. The zero-order chi connectivity index (χ0) is 17.1. The maximum Gasteiger partial charge on any atom is 0.321 e. The second-order valence-corrected chi connectivity index (χ2v) is 7.62. The lowest BCUT2D eigenvalue weighted by atomic mass is 9.96. The van der Waals surface area contributed by atoms with Crippen LogP contribution in [0.5, 0.6) is 0 Å². The number of amidine groups is 1. The molecule has 1 aliphatic heterocycles. The summed E-state index contributed by atoms with van der Waals surface area (Å²) in [5.41, 5.74) is 6.97. The van der Waals surface area contributed by atoms with Gasteiger partial charge in [-0.05, 0) is 40.8 Å². The molecule has 0 spiro atoms. The van der Waals surface area contributed by atoms with Crippen LogP contribution in [0.15, 0.2) is 46.0 Å². The molecule has 2 aromatic rings. The number of rotatable bonds is 6. The molecule has 0 saturated carbocycles. The quantitative estimate of drug-likeness (QED) is 0.470. The normalized spacial score (nSPS) is 16.6. The van der Waals surface area contributed by atoms with E-state index >= 15 is 0 Å². The number of thiophene rings is 1. The van der Waals surface area contributed by atoms with E-state index in [-0.39, 0.29) is 12.4 Å². The first-order valence-corrected chi connectivity index (χ1v) is 9.41. The Morgan fingerprint density at radius 2 is 2.21 bits per heavy atom. The first-order valence-electron chi connectivity index (χ1n) is 7.32. The van der Waals surface area contributed by atoms with Crippen molar-refractivity contribution in [3.05, 3.63) is 57.1 Å². The summed E-state index contributed by atoms with van der Waals surface area (Å²) in [6.07, 6.45) is 2.38. The van der Waals surface area contributed by atoms with E-state index in [1.807, 2.05) is 17.5 Å². The second kappa shape index (κ2) is 7.11. The maximum atomic E-state index is 12.4. The minimum Gasteiger partial charge on any atom is -0.465 e.